The van der Waals surface area contributed by atoms with Gasteiger partial charge in [-0.05, 0) is 19.8 Å². The molecule has 1 unspecified atom stereocenters. The van der Waals surface area contributed by atoms with Crippen LogP contribution in [0.1, 0.15) is 46.2 Å². The van der Waals surface area contributed by atoms with Gasteiger partial charge in [-0.2, -0.15) is 5.10 Å². The summed E-state index contributed by atoms with van der Waals surface area (Å²) in [6.07, 6.45) is 3.69. The van der Waals surface area contributed by atoms with Crippen molar-refractivity contribution in [2.24, 2.45) is 5.73 Å². The molecule has 3 nitrogen and oxygen atoms in total. The first-order chi connectivity index (χ1) is 7.38. The molecule has 0 saturated heterocycles. The van der Waals surface area contributed by atoms with Gasteiger partial charge in [0.2, 0.25) is 0 Å². The molecule has 1 atom stereocenters. The van der Waals surface area contributed by atoms with Crippen molar-refractivity contribution in [3.05, 3.63) is 16.9 Å². The van der Waals surface area contributed by atoms with Crippen LogP contribution >= 0.6 is 11.6 Å². The van der Waals surface area contributed by atoms with Crippen LogP contribution in [0.4, 0.5) is 0 Å². The molecule has 0 amide bonds. The highest BCUT2D eigenvalue weighted by Gasteiger charge is 2.28. The zero-order chi connectivity index (χ0) is 12.3. The Morgan fingerprint density at radius 1 is 1.56 bits per heavy atom. The van der Waals surface area contributed by atoms with Gasteiger partial charge in [0, 0.05) is 18.0 Å². The molecule has 1 aromatic heterocycles. The second-order valence-corrected chi connectivity index (χ2v) is 5.54. The minimum Gasteiger partial charge on any atom is -0.328 e. The number of hydrogen-bond acceptors (Lipinski definition) is 2. The molecule has 0 aliphatic heterocycles. The number of aromatic nitrogens is 2. The summed E-state index contributed by atoms with van der Waals surface area (Å²) in [5.74, 6) is 0. The molecule has 0 bridgehead atoms. The normalized spacial score (nSPS) is 14.1. The van der Waals surface area contributed by atoms with Crippen molar-refractivity contribution in [1.82, 2.24) is 9.78 Å². The highest BCUT2D eigenvalue weighted by atomic mass is 35.5. The van der Waals surface area contributed by atoms with E-state index in [0.29, 0.717) is 0 Å². The fourth-order valence-electron chi connectivity index (χ4n) is 2.32. The maximum atomic E-state index is 6.22. The second-order valence-electron chi connectivity index (χ2n) is 5.13. The maximum absolute atomic E-state index is 6.22. The van der Waals surface area contributed by atoms with Crippen molar-refractivity contribution in [3.63, 3.8) is 0 Å². The average molecular weight is 244 g/mol. The van der Waals surface area contributed by atoms with Gasteiger partial charge >= 0.3 is 0 Å². The Hall–Kier alpha value is -0.540. The standard InChI is InChI=1S/C12H22ClN3/c1-5-6-16-11(10(13)8-15-16)12(3,4)7-9(2)14/h8-9H,5-7,14H2,1-4H3. The summed E-state index contributed by atoms with van der Waals surface area (Å²) in [5, 5.41) is 5.07. The molecule has 92 valence electrons. The molecule has 1 aromatic rings. The summed E-state index contributed by atoms with van der Waals surface area (Å²) in [6, 6.07) is 0.163. The van der Waals surface area contributed by atoms with Gasteiger partial charge in [0.05, 0.1) is 16.9 Å². The van der Waals surface area contributed by atoms with Crippen LogP contribution < -0.4 is 5.73 Å². The summed E-state index contributed by atoms with van der Waals surface area (Å²) in [7, 11) is 0. The lowest BCUT2D eigenvalue weighted by atomic mass is 9.83. The van der Waals surface area contributed by atoms with Gasteiger partial charge in [0.15, 0.2) is 0 Å². The Balaban J connectivity index is 3.04. The van der Waals surface area contributed by atoms with E-state index in [1.807, 2.05) is 11.6 Å². The molecule has 1 rings (SSSR count). The number of hydrogen-bond donors (Lipinski definition) is 1. The molecular weight excluding hydrogens is 222 g/mol. The Labute approximate surface area is 103 Å². The smallest absolute Gasteiger partial charge is 0.0823 e. The molecule has 2 N–H and O–H groups in total. The minimum atomic E-state index is -0.0308. The molecule has 16 heavy (non-hydrogen) atoms. The van der Waals surface area contributed by atoms with Crippen molar-refractivity contribution in [2.75, 3.05) is 0 Å². The SMILES string of the molecule is CCCn1ncc(Cl)c1C(C)(C)CC(C)N. The minimum absolute atomic E-state index is 0.0308. The van der Waals surface area contributed by atoms with E-state index in [-0.39, 0.29) is 11.5 Å². The fraction of sp³-hybridized carbons (Fsp3) is 0.750. The molecule has 1 heterocycles. The van der Waals surface area contributed by atoms with E-state index in [1.165, 1.54) is 0 Å². The molecule has 0 aromatic carbocycles. The van der Waals surface area contributed by atoms with E-state index >= 15 is 0 Å². The van der Waals surface area contributed by atoms with Crippen molar-refractivity contribution in [3.8, 4) is 0 Å². The van der Waals surface area contributed by atoms with Crippen LogP contribution in [0.25, 0.3) is 0 Å². The van der Waals surface area contributed by atoms with Gasteiger partial charge in [-0.25, -0.2) is 0 Å². The molecule has 0 radical (unpaired) electrons. The number of rotatable bonds is 5. The zero-order valence-electron chi connectivity index (χ0n) is 10.6. The third kappa shape index (κ3) is 2.98. The first-order valence-corrected chi connectivity index (χ1v) is 6.23. The molecule has 0 fully saturated rings. The van der Waals surface area contributed by atoms with Crippen LogP contribution in [0.2, 0.25) is 5.02 Å². The van der Waals surface area contributed by atoms with Gasteiger partial charge in [0.1, 0.15) is 0 Å². The summed E-state index contributed by atoms with van der Waals surface area (Å²) in [6.45, 7) is 9.41. The van der Waals surface area contributed by atoms with Gasteiger partial charge < -0.3 is 5.73 Å². The Morgan fingerprint density at radius 3 is 2.69 bits per heavy atom. The highest BCUT2D eigenvalue weighted by Crippen LogP contribution is 2.33. The van der Waals surface area contributed by atoms with E-state index in [0.717, 1.165) is 30.1 Å². The summed E-state index contributed by atoms with van der Waals surface area (Å²) in [4.78, 5) is 0. The summed E-state index contributed by atoms with van der Waals surface area (Å²) < 4.78 is 2.00. The first kappa shape index (κ1) is 13.5. The van der Waals surface area contributed by atoms with Crippen LogP contribution in [0.5, 0.6) is 0 Å². The van der Waals surface area contributed by atoms with E-state index in [1.54, 1.807) is 6.20 Å². The topological polar surface area (TPSA) is 43.8 Å². The van der Waals surface area contributed by atoms with E-state index in [2.05, 4.69) is 25.9 Å². The van der Waals surface area contributed by atoms with Crippen molar-refractivity contribution >= 4 is 11.6 Å². The van der Waals surface area contributed by atoms with Gasteiger partial charge in [-0.3, -0.25) is 4.68 Å². The zero-order valence-corrected chi connectivity index (χ0v) is 11.4. The molecular formula is C12H22ClN3. The van der Waals surface area contributed by atoms with Crippen molar-refractivity contribution < 1.29 is 0 Å². The Kier molecular flexibility index (Phi) is 4.39. The molecule has 0 spiro atoms. The van der Waals surface area contributed by atoms with Crippen LogP contribution in [0.15, 0.2) is 6.20 Å². The second kappa shape index (κ2) is 5.19. The largest absolute Gasteiger partial charge is 0.328 e. The van der Waals surface area contributed by atoms with Crippen molar-refractivity contribution in [1.29, 1.82) is 0 Å². The lowest BCUT2D eigenvalue weighted by Crippen LogP contribution is -2.30. The van der Waals surface area contributed by atoms with Crippen LogP contribution in [-0.2, 0) is 12.0 Å². The maximum Gasteiger partial charge on any atom is 0.0823 e. The predicted molar refractivity (Wildman–Crippen MR) is 68.8 cm³/mol. The Bertz CT molecular complexity index is 342. The van der Waals surface area contributed by atoms with Crippen LogP contribution in [-0.4, -0.2) is 15.8 Å². The van der Waals surface area contributed by atoms with E-state index in [4.69, 9.17) is 17.3 Å². The molecule has 4 heteroatoms. The third-order valence-corrected chi connectivity index (χ3v) is 2.98. The highest BCUT2D eigenvalue weighted by molar-refractivity contribution is 6.31. The average Bonchev–Trinajstić information content (AvgIpc) is 2.46. The fourth-order valence-corrected chi connectivity index (χ4v) is 2.72. The van der Waals surface area contributed by atoms with Crippen molar-refractivity contribution in [2.45, 2.75) is 58.5 Å². The summed E-state index contributed by atoms with van der Waals surface area (Å²) >= 11 is 6.22. The number of aryl methyl sites for hydroxylation is 1. The first-order valence-electron chi connectivity index (χ1n) is 5.86. The number of halogens is 1. The number of nitrogens with two attached hydrogens (primary N) is 1. The monoisotopic (exact) mass is 243 g/mol. The lowest BCUT2D eigenvalue weighted by Gasteiger charge is -2.28. The lowest BCUT2D eigenvalue weighted by molar-refractivity contribution is 0.395. The molecule has 0 saturated carbocycles. The summed E-state index contributed by atoms with van der Waals surface area (Å²) in [5.41, 5.74) is 6.96. The molecule has 0 aliphatic carbocycles. The quantitative estimate of drug-likeness (QED) is 0.864. The van der Waals surface area contributed by atoms with Crippen LogP contribution in [0.3, 0.4) is 0 Å². The predicted octanol–water partition coefficient (Wildman–Crippen LogP) is 2.96. The van der Waals surface area contributed by atoms with Gasteiger partial charge in [-0.1, -0.05) is 32.4 Å². The third-order valence-electron chi connectivity index (χ3n) is 2.70. The number of nitrogens with zero attached hydrogens (tertiary/aromatic N) is 2. The van der Waals surface area contributed by atoms with E-state index in [9.17, 15) is 0 Å². The Morgan fingerprint density at radius 2 is 2.19 bits per heavy atom. The van der Waals surface area contributed by atoms with Gasteiger partial charge in [-0.15, -0.1) is 0 Å². The van der Waals surface area contributed by atoms with Crippen LogP contribution in [0, 0.1) is 0 Å². The molecule has 0 aliphatic rings. The van der Waals surface area contributed by atoms with Gasteiger partial charge in [0.25, 0.3) is 0 Å². The van der Waals surface area contributed by atoms with E-state index < -0.39 is 0 Å².